The van der Waals surface area contributed by atoms with Crippen molar-refractivity contribution in [1.29, 1.82) is 0 Å². The van der Waals surface area contributed by atoms with Gasteiger partial charge in [0.25, 0.3) is 0 Å². The molecule has 1 fully saturated rings. The molecule has 3 atom stereocenters. The Kier molecular flexibility index (Phi) is 8.48. The Morgan fingerprint density at radius 2 is 1.79 bits per heavy atom. The quantitative estimate of drug-likeness (QED) is 0.707. The maximum Gasteiger partial charge on any atom is 0.407 e. The second-order valence-electron chi connectivity index (χ2n) is 8.15. The first-order valence-electron chi connectivity index (χ1n) is 9.97. The van der Waals surface area contributed by atoms with E-state index in [1.807, 2.05) is 51.1 Å². The first-order valence-corrected chi connectivity index (χ1v) is 11.3. The Morgan fingerprint density at radius 1 is 1.11 bits per heavy atom. The predicted octanol–water partition coefficient (Wildman–Crippen LogP) is 3.38. The summed E-state index contributed by atoms with van der Waals surface area (Å²) in [7, 11) is -1.14. The molecule has 1 aliphatic rings. The van der Waals surface area contributed by atoms with E-state index in [-0.39, 0.29) is 17.9 Å². The summed E-state index contributed by atoms with van der Waals surface area (Å²) in [6, 6.07) is 8.99. The van der Waals surface area contributed by atoms with Gasteiger partial charge in [-0.3, -0.25) is 9.00 Å². The van der Waals surface area contributed by atoms with Gasteiger partial charge in [0.15, 0.2) is 0 Å². The van der Waals surface area contributed by atoms with Crippen LogP contribution in [0, 0.1) is 5.92 Å². The third-order valence-electron chi connectivity index (χ3n) is 4.65. The molecule has 6 nitrogen and oxygen atoms in total. The summed E-state index contributed by atoms with van der Waals surface area (Å²) in [5.41, 5.74) is -0.575. The highest BCUT2D eigenvalue weighted by Gasteiger charge is 2.32. The van der Waals surface area contributed by atoms with Crippen molar-refractivity contribution >= 4 is 22.8 Å². The van der Waals surface area contributed by atoms with E-state index in [0.717, 1.165) is 37.0 Å². The van der Waals surface area contributed by atoms with Crippen LogP contribution >= 0.6 is 0 Å². The highest BCUT2D eigenvalue weighted by atomic mass is 32.2. The number of carbonyl (C=O) groups is 2. The van der Waals surface area contributed by atoms with Crippen LogP contribution < -0.4 is 10.6 Å². The van der Waals surface area contributed by atoms with Gasteiger partial charge in [-0.05, 0) is 45.7 Å². The highest BCUT2D eigenvalue weighted by Crippen LogP contribution is 2.24. The number of hydrogen-bond donors (Lipinski definition) is 2. The van der Waals surface area contributed by atoms with Crippen molar-refractivity contribution in [2.24, 2.45) is 5.92 Å². The van der Waals surface area contributed by atoms with Gasteiger partial charge in [-0.2, -0.15) is 0 Å². The van der Waals surface area contributed by atoms with Crippen LogP contribution in [0.25, 0.3) is 0 Å². The van der Waals surface area contributed by atoms with Crippen LogP contribution in [0.5, 0.6) is 0 Å². The Morgan fingerprint density at radius 3 is 2.46 bits per heavy atom. The molecule has 1 aromatic rings. The summed E-state index contributed by atoms with van der Waals surface area (Å²) in [6.07, 6.45) is 3.99. The van der Waals surface area contributed by atoms with Crippen molar-refractivity contribution in [3.8, 4) is 0 Å². The Hall–Kier alpha value is -1.89. The molecule has 7 heteroatoms. The normalized spacial score (nSPS) is 21.2. The lowest BCUT2D eigenvalue weighted by molar-refractivity contribution is -0.125. The fraction of sp³-hybridized carbons (Fsp3) is 0.619. The minimum absolute atomic E-state index is 0.0898. The standard InChI is InChI=1S/C21H32N2O4S/c1-21(2,3)27-20(25)23-18-13-9-5-8-12-17(18)19(24)22-14-15-28(26)16-10-6-4-7-11-16/h4,6-7,10-11,17-18H,5,8-9,12-15H2,1-3H3,(H,22,24)(H,23,25). The number of ether oxygens (including phenoxy) is 1. The first-order chi connectivity index (χ1) is 13.3. The third-order valence-corrected chi connectivity index (χ3v) is 6.02. The molecule has 0 heterocycles. The number of carbonyl (C=O) groups excluding carboxylic acids is 2. The van der Waals surface area contributed by atoms with Crippen molar-refractivity contribution in [3.05, 3.63) is 30.3 Å². The van der Waals surface area contributed by atoms with E-state index in [1.54, 1.807) is 0 Å². The predicted molar refractivity (Wildman–Crippen MR) is 110 cm³/mol. The number of benzene rings is 1. The molecule has 0 radical (unpaired) electrons. The molecule has 0 saturated heterocycles. The van der Waals surface area contributed by atoms with Crippen LogP contribution in [0.4, 0.5) is 4.79 Å². The molecule has 0 spiro atoms. The van der Waals surface area contributed by atoms with Gasteiger partial charge in [0, 0.05) is 23.2 Å². The minimum atomic E-state index is -1.14. The lowest BCUT2D eigenvalue weighted by Crippen LogP contribution is -2.48. The highest BCUT2D eigenvalue weighted by molar-refractivity contribution is 7.85. The summed E-state index contributed by atoms with van der Waals surface area (Å²) in [5.74, 6) is -0.0136. The Balaban J connectivity index is 1.88. The van der Waals surface area contributed by atoms with E-state index in [9.17, 15) is 13.8 Å². The zero-order valence-corrected chi connectivity index (χ0v) is 17.8. The van der Waals surface area contributed by atoms with Crippen LogP contribution in [-0.4, -0.2) is 40.1 Å². The van der Waals surface area contributed by atoms with Gasteiger partial charge in [0.05, 0.1) is 16.7 Å². The lowest BCUT2D eigenvalue weighted by Gasteiger charge is -2.27. The van der Waals surface area contributed by atoms with E-state index >= 15 is 0 Å². The largest absolute Gasteiger partial charge is 0.444 e. The molecule has 2 rings (SSSR count). The molecule has 3 unspecified atom stereocenters. The molecule has 0 aromatic heterocycles. The second kappa shape index (κ2) is 10.6. The van der Waals surface area contributed by atoms with E-state index in [0.29, 0.717) is 12.3 Å². The fourth-order valence-electron chi connectivity index (χ4n) is 3.34. The van der Waals surface area contributed by atoms with E-state index in [4.69, 9.17) is 4.74 Å². The average Bonchev–Trinajstić information content (AvgIpc) is 2.86. The molecule has 0 bridgehead atoms. The number of alkyl carbamates (subject to hydrolysis) is 1. The number of amides is 2. The molecule has 0 aliphatic heterocycles. The van der Waals surface area contributed by atoms with Gasteiger partial charge in [0.2, 0.25) is 5.91 Å². The molecular weight excluding hydrogens is 376 g/mol. The van der Waals surface area contributed by atoms with Crippen LogP contribution in [0.1, 0.15) is 52.9 Å². The molecule has 28 heavy (non-hydrogen) atoms. The van der Waals surface area contributed by atoms with Crippen LogP contribution in [-0.2, 0) is 20.3 Å². The Bertz CT molecular complexity index is 673. The molecule has 2 N–H and O–H groups in total. The molecule has 2 amide bonds. The minimum Gasteiger partial charge on any atom is -0.444 e. The van der Waals surface area contributed by atoms with Crippen LogP contribution in [0.15, 0.2) is 35.2 Å². The monoisotopic (exact) mass is 408 g/mol. The molecule has 156 valence electrons. The van der Waals surface area contributed by atoms with E-state index in [2.05, 4.69) is 10.6 Å². The summed E-state index contributed by atoms with van der Waals surface area (Å²) in [6.45, 7) is 5.79. The average molecular weight is 409 g/mol. The molecule has 1 saturated carbocycles. The lowest BCUT2D eigenvalue weighted by atomic mass is 9.94. The van der Waals surface area contributed by atoms with Gasteiger partial charge >= 0.3 is 6.09 Å². The Labute approximate surface area is 170 Å². The summed E-state index contributed by atoms with van der Waals surface area (Å²) in [5, 5.41) is 5.80. The van der Waals surface area contributed by atoms with Gasteiger partial charge < -0.3 is 15.4 Å². The van der Waals surface area contributed by atoms with Gasteiger partial charge in [-0.1, -0.05) is 37.5 Å². The zero-order chi connectivity index (χ0) is 20.6. The van der Waals surface area contributed by atoms with Crippen molar-refractivity contribution in [2.75, 3.05) is 12.3 Å². The molecular formula is C21H32N2O4S. The third kappa shape index (κ3) is 7.62. The van der Waals surface area contributed by atoms with Gasteiger partial charge in [0.1, 0.15) is 5.60 Å². The van der Waals surface area contributed by atoms with Crippen molar-refractivity contribution in [1.82, 2.24) is 10.6 Å². The van der Waals surface area contributed by atoms with Gasteiger partial charge in [-0.25, -0.2) is 4.79 Å². The van der Waals surface area contributed by atoms with Crippen molar-refractivity contribution in [2.45, 2.75) is 69.4 Å². The smallest absolute Gasteiger partial charge is 0.407 e. The molecule has 1 aliphatic carbocycles. The van der Waals surface area contributed by atoms with Crippen molar-refractivity contribution < 1.29 is 18.5 Å². The second-order valence-corrected chi connectivity index (χ2v) is 9.72. The van der Waals surface area contributed by atoms with E-state index < -0.39 is 22.5 Å². The topological polar surface area (TPSA) is 84.5 Å². The summed E-state index contributed by atoms with van der Waals surface area (Å²) >= 11 is 0. The molecule has 1 aromatic carbocycles. The fourth-order valence-corrected chi connectivity index (χ4v) is 4.33. The van der Waals surface area contributed by atoms with Gasteiger partial charge in [-0.15, -0.1) is 0 Å². The number of hydrogen-bond acceptors (Lipinski definition) is 4. The van der Waals surface area contributed by atoms with Crippen molar-refractivity contribution in [3.63, 3.8) is 0 Å². The first kappa shape index (κ1) is 22.4. The van der Waals surface area contributed by atoms with Crippen LogP contribution in [0.2, 0.25) is 0 Å². The maximum absolute atomic E-state index is 12.7. The maximum atomic E-state index is 12.7. The summed E-state index contributed by atoms with van der Waals surface area (Å²) < 4.78 is 17.6. The summed E-state index contributed by atoms with van der Waals surface area (Å²) in [4.78, 5) is 25.7. The number of nitrogens with one attached hydrogen (secondary N) is 2. The van der Waals surface area contributed by atoms with Crippen LogP contribution in [0.3, 0.4) is 0 Å². The van der Waals surface area contributed by atoms with E-state index in [1.165, 1.54) is 0 Å². The number of rotatable bonds is 6. The SMILES string of the molecule is CC(C)(C)OC(=O)NC1CCCCCC1C(=O)NCCS(=O)c1ccccc1. The zero-order valence-electron chi connectivity index (χ0n) is 17.0.